The Morgan fingerprint density at radius 1 is 0.948 bits per heavy atom. The van der Waals surface area contributed by atoms with Gasteiger partial charge in [-0.25, -0.2) is 13.1 Å². The molecule has 0 radical (unpaired) electrons. The third-order valence-electron chi connectivity index (χ3n) is 18.1. The van der Waals surface area contributed by atoms with E-state index in [0.717, 1.165) is 89.0 Å². The molecule has 8 nitrogen and oxygen atoms in total. The van der Waals surface area contributed by atoms with E-state index >= 15 is 0 Å². The Balaban J connectivity index is 1.20. The smallest absolute Gasteiger partial charge is 0.310 e. The molecule has 4 saturated carbocycles. The number of benzene rings is 1. The molecular formula is C49H77NO7S. The first-order chi connectivity index (χ1) is 27.4. The first-order valence-corrected chi connectivity index (χ1v) is 24.5. The van der Waals surface area contributed by atoms with E-state index in [4.69, 9.17) is 18.9 Å². The average molecular weight is 824 g/mol. The molecule has 0 aromatic heterocycles. The average Bonchev–Trinajstić information content (AvgIpc) is 3.17. The zero-order valence-electron chi connectivity index (χ0n) is 37.7. The molecule has 7 rings (SSSR count). The topological polar surface area (TPSA) is 100 Å². The second-order valence-corrected chi connectivity index (χ2v) is 23.2. The van der Waals surface area contributed by atoms with Crippen molar-refractivity contribution in [1.29, 1.82) is 0 Å². The number of hydrogen-bond donors (Lipinski definition) is 1. The Morgan fingerprint density at radius 2 is 1.66 bits per heavy atom. The minimum Gasteiger partial charge on any atom is -0.465 e. The van der Waals surface area contributed by atoms with Crippen LogP contribution in [-0.4, -0.2) is 65.7 Å². The molecule has 2 bridgehead atoms. The summed E-state index contributed by atoms with van der Waals surface area (Å²) in [5.74, 6) is 1.37. The summed E-state index contributed by atoms with van der Waals surface area (Å²) in [6.45, 7) is 22.9. The highest BCUT2D eigenvalue weighted by Crippen LogP contribution is 2.75. The van der Waals surface area contributed by atoms with Crippen molar-refractivity contribution in [2.24, 2.45) is 56.7 Å². The number of sulfonamides is 1. The van der Waals surface area contributed by atoms with Gasteiger partial charge in [0.1, 0.15) is 0 Å². The maximum Gasteiger partial charge on any atom is 0.310 e. The van der Waals surface area contributed by atoms with Crippen LogP contribution < -0.4 is 4.72 Å². The molecule has 1 aromatic carbocycles. The summed E-state index contributed by atoms with van der Waals surface area (Å²) in [7, 11) is -1.92. The van der Waals surface area contributed by atoms with Crippen LogP contribution in [0.4, 0.5) is 0 Å². The lowest BCUT2D eigenvalue weighted by Gasteiger charge is -2.71. The second kappa shape index (κ2) is 16.2. The molecule has 5 aliphatic carbocycles. The fourth-order valence-electron chi connectivity index (χ4n) is 14.3. The first kappa shape index (κ1) is 44.3. The number of hydrogen-bond acceptors (Lipinski definition) is 7. The van der Waals surface area contributed by atoms with E-state index in [0.29, 0.717) is 55.0 Å². The Hall–Kier alpha value is -1.78. The number of ether oxygens (including phenoxy) is 4. The summed E-state index contributed by atoms with van der Waals surface area (Å²) < 4.78 is 57.6. The minimum atomic E-state index is -3.75. The van der Waals surface area contributed by atoms with Gasteiger partial charge in [-0.05, 0) is 117 Å². The maximum atomic E-state index is 14.6. The lowest BCUT2D eigenvalue weighted by Crippen LogP contribution is -2.70. The summed E-state index contributed by atoms with van der Waals surface area (Å²) in [6.07, 6.45) is 14.5. The summed E-state index contributed by atoms with van der Waals surface area (Å²) in [6, 6.07) is 7.12. The number of fused-ring (bicyclic) bond motifs is 3. The molecular weight excluding hydrogens is 747 g/mol. The van der Waals surface area contributed by atoms with Gasteiger partial charge in [-0.3, -0.25) is 4.79 Å². The lowest BCUT2D eigenvalue weighted by atomic mass is 9.34. The quantitative estimate of drug-likeness (QED) is 0.120. The van der Waals surface area contributed by atoms with Crippen molar-refractivity contribution >= 4 is 16.0 Å². The molecule has 1 aliphatic heterocycles. The maximum absolute atomic E-state index is 14.6. The number of esters is 1. The van der Waals surface area contributed by atoms with Crippen LogP contribution in [0.3, 0.4) is 0 Å². The number of carbonyl (C=O) groups excluding carboxylic acids is 1. The first-order valence-electron chi connectivity index (χ1n) is 23.1. The molecule has 0 spiro atoms. The van der Waals surface area contributed by atoms with E-state index in [9.17, 15) is 13.2 Å². The number of methoxy groups -OCH3 is 1. The van der Waals surface area contributed by atoms with Crippen molar-refractivity contribution in [1.82, 2.24) is 4.72 Å². The molecule has 1 heterocycles. The number of carbonyl (C=O) groups is 1. The number of aryl methyl sites for hydroxylation is 1. The number of allylic oxidation sites excluding steroid dienone is 1. The molecule has 1 aromatic rings. The number of unbranched alkanes of at least 4 members (excludes halogenated alkanes) is 1. The van der Waals surface area contributed by atoms with Gasteiger partial charge in [-0.1, -0.05) is 110 Å². The molecule has 11 atom stereocenters. The zero-order valence-corrected chi connectivity index (χ0v) is 38.5. The van der Waals surface area contributed by atoms with Crippen molar-refractivity contribution in [3.63, 3.8) is 0 Å². The predicted molar refractivity (Wildman–Crippen MR) is 230 cm³/mol. The van der Waals surface area contributed by atoms with Crippen LogP contribution in [0.25, 0.3) is 0 Å². The fourth-order valence-corrected chi connectivity index (χ4v) is 15.7. The molecule has 0 amide bonds. The van der Waals surface area contributed by atoms with E-state index < -0.39 is 15.6 Å². The highest BCUT2D eigenvalue weighted by molar-refractivity contribution is 7.89. The van der Waals surface area contributed by atoms with Crippen molar-refractivity contribution < 1.29 is 32.2 Å². The normalized spacial score (nSPS) is 40.1. The van der Waals surface area contributed by atoms with E-state index in [1.807, 2.05) is 26.2 Å². The summed E-state index contributed by atoms with van der Waals surface area (Å²) >= 11 is 0. The second-order valence-electron chi connectivity index (χ2n) is 21.5. The van der Waals surface area contributed by atoms with Crippen LogP contribution in [0.5, 0.6) is 0 Å². The van der Waals surface area contributed by atoms with Crippen LogP contribution in [0, 0.1) is 63.6 Å². The van der Waals surface area contributed by atoms with Gasteiger partial charge in [0.05, 0.1) is 55.0 Å². The molecule has 58 heavy (non-hydrogen) atoms. The van der Waals surface area contributed by atoms with E-state index in [1.54, 1.807) is 17.7 Å². The Bertz CT molecular complexity index is 1790. The molecule has 6 aliphatic rings. The largest absolute Gasteiger partial charge is 0.465 e. The summed E-state index contributed by atoms with van der Waals surface area (Å²) in [5.41, 5.74) is 0.918. The van der Waals surface area contributed by atoms with Crippen molar-refractivity contribution in [3.8, 4) is 0 Å². The monoisotopic (exact) mass is 824 g/mol. The Kier molecular flexibility index (Phi) is 12.3. The van der Waals surface area contributed by atoms with Gasteiger partial charge >= 0.3 is 5.97 Å². The molecule has 9 heteroatoms. The van der Waals surface area contributed by atoms with Crippen molar-refractivity contribution in [2.75, 3.05) is 33.5 Å². The predicted octanol–water partition coefficient (Wildman–Crippen LogP) is 10.2. The van der Waals surface area contributed by atoms with Crippen LogP contribution >= 0.6 is 0 Å². The molecule has 326 valence electrons. The highest BCUT2D eigenvalue weighted by Gasteiger charge is 2.72. The van der Waals surface area contributed by atoms with E-state index in [1.165, 1.54) is 0 Å². The SMILES string of the molecule is CCCCOC(=O)[C@@H]1[C@@](C)([C@H](C)C(C)C)CC[C@]2(C)[C@H]3CC[C@@H]4[C@@]5(COC[C@]4(C)[C@@H](OCC4(NS(=O)(=O)c6ccc(C)cc6)CCCCC4)[C@H](OC)C5)C3=CC[C@@]12C. The van der Waals surface area contributed by atoms with E-state index in [2.05, 4.69) is 66.2 Å². The van der Waals surface area contributed by atoms with Gasteiger partial charge in [0.25, 0.3) is 0 Å². The van der Waals surface area contributed by atoms with Crippen LogP contribution in [0.15, 0.2) is 40.8 Å². The highest BCUT2D eigenvalue weighted by atomic mass is 32.2. The third-order valence-corrected chi connectivity index (χ3v) is 19.7. The third kappa shape index (κ3) is 7.09. The Morgan fingerprint density at radius 3 is 2.31 bits per heavy atom. The van der Waals surface area contributed by atoms with Crippen molar-refractivity contribution in [2.45, 2.75) is 168 Å². The van der Waals surface area contributed by atoms with Crippen LogP contribution in [-0.2, 0) is 33.8 Å². The molecule has 5 fully saturated rings. The molecule has 0 unspecified atom stereocenters. The zero-order chi connectivity index (χ0) is 41.9. The van der Waals surface area contributed by atoms with Crippen molar-refractivity contribution in [3.05, 3.63) is 41.5 Å². The summed E-state index contributed by atoms with van der Waals surface area (Å²) in [4.78, 5) is 14.9. The van der Waals surface area contributed by atoms with Gasteiger partial charge in [-0.2, -0.15) is 0 Å². The van der Waals surface area contributed by atoms with Gasteiger partial charge in [-0.15, -0.1) is 0 Å². The fraction of sp³-hybridized carbons (Fsp3) is 0.816. The van der Waals surface area contributed by atoms with Crippen LogP contribution in [0.2, 0.25) is 0 Å². The lowest BCUT2D eigenvalue weighted by molar-refractivity contribution is -0.270. The minimum absolute atomic E-state index is 0.0168. The van der Waals surface area contributed by atoms with E-state index in [-0.39, 0.29) is 51.2 Å². The standard InChI is InChI=1S/C49H77NO7S/c1-11-12-28-56-43(51)41-44(6,35(5)33(2)3)26-27-46(8)37-20-21-40-45(7)30-55-32-49(40,38(37)22-25-47(41,46)9)29-39(54-10)42(45)57-31-48(23-14-13-15-24-48)50-58(52,53)36-18-16-34(4)17-19-36/h16-19,22,33,35,37,39-42,50H,11-15,20-21,23-32H2,1-10H3/t35-,37+,39-,40+,41-,42+,44-,45+,46-,47+,49+/m1/s1. The molecule has 1 N–H and O–H groups in total. The Labute approximate surface area is 351 Å². The van der Waals surface area contributed by atoms with Gasteiger partial charge in [0.2, 0.25) is 10.0 Å². The molecule has 1 saturated heterocycles. The van der Waals surface area contributed by atoms with Gasteiger partial charge in [0.15, 0.2) is 0 Å². The number of rotatable bonds is 13. The van der Waals surface area contributed by atoms with Gasteiger partial charge in [0, 0.05) is 17.9 Å². The number of nitrogens with one attached hydrogen (secondary N) is 1. The van der Waals surface area contributed by atoms with Gasteiger partial charge < -0.3 is 18.9 Å². The van der Waals surface area contributed by atoms with Crippen LogP contribution in [0.1, 0.15) is 144 Å². The summed E-state index contributed by atoms with van der Waals surface area (Å²) in [5, 5.41) is 0.